The lowest BCUT2D eigenvalue weighted by Gasteiger charge is -2.32. The van der Waals surface area contributed by atoms with Crippen LogP contribution in [0.1, 0.15) is 44.9 Å². The summed E-state index contributed by atoms with van der Waals surface area (Å²) in [6, 6.07) is 0.233. The normalized spacial score (nSPS) is 33.6. The summed E-state index contributed by atoms with van der Waals surface area (Å²) < 4.78 is 23.1. The van der Waals surface area contributed by atoms with Crippen molar-refractivity contribution in [3.05, 3.63) is 0 Å². The van der Waals surface area contributed by atoms with E-state index >= 15 is 0 Å². The molecule has 2 N–H and O–H groups in total. The van der Waals surface area contributed by atoms with E-state index in [1.165, 1.54) is 19.1 Å². The molecule has 0 amide bonds. The molecule has 4 heteroatoms. The van der Waals surface area contributed by atoms with Gasteiger partial charge in [0.2, 0.25) is 0 Å². The van der Waals surface area contributed by atoms with E-state index in [9.17, 15) is 8.42 Å². The highest BCUT2D eigenvalue weighted by atomic mass is 32.2. The van der Waals surface area contributed by atoms with Crippen molar-refractivity contribution >= 4 is 9.84 Å². The maximum atomic E-state index is 11.5. The molecule has 0 aliphatic heterocycles. The molecule has 16 heavy (non-hydrogen) atoms. The molecule has 0 aromatic carbocycles. The molecule has 0 heterocycles. The van der Waals surface area contributed by atoms with Gasteiger partial charge in [-0.3, -0.25) is 0 Å². The van der Waals surface area contributed by atoms with Crippen molar-refractivity contribution in [3.63, 3.8) is 0 Å². The first kappa shape index (κ1) is 12.4. The molecule has 2 aliphatic rings. The maximum Gasteiger partial charge on any atom is 0.150 e. The summed E-state index contributed by atoms with van der Waals surface area (Å²) in [4.78, 5) is 0. The third kappa shape index (κ3) is 3.20. The smallest absolute Gasteiger partial charge is 0.150 e. The first-order valence-corrected chi connectivity index (χ1v) is 8.36. The largest absolute Gasteiger partial charge is 0.327 e. The van der Waals surface area contributed by atoms with Crippen molar-refractivity contribution in [2.45, 2.75) is 56.2 Å². The van der Waals surface area contributed by atoms with Gasteiger partial charge in [0.25, 0.3) is 0 Å². The van der Waals surface area contributed by atoms with E-state index in [2.05, 4.69) is 0 Å². The van der Waals surface area contributed by atoms with Gasteiger partial charge in [-0.05, 0) is 37.5 Å². The molecule has 0 aromatic rings. The summed E-state index contributed by atoms with van der Waals surface area (Å²) in [5.41, 5.74) is 6.20. The lowest BCUT2D eigenvalue weighted by Crippen LogP contribution is -2.37. The van der Waals surface area contributed by atoms with Crippen LogP contribution in [-0.2, 0) is 9.84 Å². The fourth-order valence-electron chi connectivity index (χ4n) is 2.89. The molecule has 0 bridgehead atoms. The molecule has 0 radical (unpaired) electrons. The van der Waals surface area contributed by atoms with Crippen LogP contribution in [0.4, 0.5) is 0 Å². The van der Waals surface area contributed by atoms with Gasteiger partial charge in [0.15, 0.2) is 0 Å². The van der Waals surface area contributed by atoms with Crippen LogP contribution in [-0.4, -0.2) is 26.0 Å². The molecule has 2 saturated carbocycles. The van der Waals surface area contributed by atoms with Crippen LogP contribution in [0.2, 0.25) is 0 Å². The standard InChI is InChI=1S/C12H23NO2S/c1-16(14,15)11-4-2-3-10(8-11)12(13)7-9-5-6-9/h9-12H,2-8,13H2,1H3. The van der Waals surface area contributed by atoms with E-state index in [1.807, 2.05) is 0 Å². The Morgan fingerprint density at radius 1 is 1.25 bits per heavy atom. The van der Waals surface area contributed by atoms with Gasteiger partial charge in [0.05, 0.1) is 5.25 Å². The van der Waals surface area contributed by atoms with Gasteiger partial charge in [-0.25, -0.2) is 8.42 Å². The Labute approximate surface area is 98.7 Å². The van der Waals surface area contributed by atoms with Gasteiger partial charge in [0.1, 0.15) is 9.84 Å². The van der Waals surface area contributed by atoms with Crippen LogP contribution >= 0.6 is 0 Å². The molecule has 2 aliphatic carbocycles. The number of hydrogen-bond donors (Lipinski definition) is 1. The van der Waals surface area contributed by atoms with Gasteiger partial charge in [-0.15, -0.1) is 0 Å². The summed E-state index contributed by atoms with van der Waals surface area (Å²) >= 11 is 0. The van der Waals surface area contributed by atoms with Crippen molar-refractivity contribution in [1.82, 2.24) is 0 Å². The first-order valence-electron chi connectivity index (χ1n) is 6.41. The highest BCUT2D eigenvalue weighted by Gasteiger charge is 2.34. The zero-order valence-electron chi connectivity index (χ0n) is 10.1. The molecule has 2 rings (SSSR count). The first-order chi connectivity index (χ1) is 7.47. The molecule has 3 unspecified atom stereocenters. The Balaban J connectivity index is 1.90. The fourth-order valence-corrected chi connectivity index (χ4v) is 4.08. The van der Waals surface area contributed by atoms with E-state index in [0.29, 0.717) is 5.92 Å². The molecule has 0 saturated heterocycles. The average molecular weight is 245 g/mol. The third-order valence-corrected chi connectivity index (χ3v) is 5.82. The Kier molecular flexibility index (Phi) is 3.59. The van der Waals surface area contributed by atoms with Crippen LogP contribution in [0.25, 0.3) is 0 Å². The second kappa shape index (κ2) is 4.65. The number of sulfone groups is 1. The Morgan fingerprint density at radius 3 is 2.50 bits per heavy atom. The van der Waals surface area contributed by atoms with Crippen molar-refractivity contribution in [2.75, 3.05) is 6.26 Å². The number of rotatable bonds is 4. The van der Waals surface area contributed by atoms with Gasteiger partial charge < -0.3 is 5.73 Å². The second-order valence-electron chi connectivity index (χ2n) is 5.72. The van der Waals surface area contributed by atoms with Gasteiger partial charge in [-0.1, -0.05) is 19.3 Å². The number of hydrogen-bond acceptors (Lipinski definition) is 3. The van der Waals surface area contributed by atoms with Crippen LogP contribution in [0, 0.1) is 11.8 Å². The summed E-state index contributed by atoms with van der Waals surface area (Å²) in [5.74, 6) is 1.28. The molecule has 3 atom stereocenters. The minimum atomic E-state index is -2.86. The Bertz CT molecular complexity index is 335. The van der Waals surface area contributed by atoms with E-state index in [0.717, 1.165) is 38.0 Å². The summed E-state index contributed by atoms with van der Waals surface area (Å²) in [5, 5.41) is -0.128. The van der Waals surface area contributed by atoms with Gasteiger partial charge >= 0.3 is 0 Å². The zero-order chi connectivity index (χ0) is 11.8. The van der Waals surface area contributed by atoms with E-state index < -0.39 is 9.84 Å². The Morgan fingerprint density at radius 2 is 1.94 bits per heavy atom. The lowest BCUT2D eigenvalue weighted by molar-refractivity contribution is 0.289. The van der Waals surface area contributed by atoms with Crippen LogP contribution < -0.4 is 5.73 Å². The highest BCUT2D eigenvalue weighted by molar-refractivity contribution is 7.91. The quantitative estimate of drug-likeness (QED) is 0.820. The van der Waals surface area contributed by atoms with E-state index in [-0.39, 0.29) is 11.3 Å². The molecule has 3 nitrogen and oxygen atoms in total. The SMILES string of the molecule is CS(=O)(=O)C1CCCC(C(N)CC2CC2)C1. The van der Waals surface area contributed by atoms with Gasteiger partial charge in [-0.2, -0.15) is 0 Å². The monoisotopic (exact) mass is 245 g/mol. The van der Waals surface area contributed by atoms with Crippen molar-refractivity contribution in [1.29, 1.82) is 0 Å². The van der Waals surface area contributed by atoms with Crippen LogP contribution in [0.3, 0.4) is 0 Å². The fraction of sp³-hybridized carbons (Fsp3) is 1.00. The molecule has 0 aromatic heterocycles. The summed E-state index contributed by atoms with van der Waals surface area (Å²) in [6.45, 7) is 0. The lowest BCUT2D eigenvalue weighted by atomic mass is 9.82. The van der Waals surface area contributed by atoms with Crippen molar-refractivity contribution < 1.29 is 8.42 Å². The molecule has 94 valence electrons. The third-order valence-electron chi connectivity index (χ3n) is 4.18. The summed E-state index contributed by atoms with van der Waals surface area (Å²) in [6.07, 6.45) is 8.93. The molecule has 2 fully saturated rings. The van der Waals surface area contributed by atoms with Crippen molar-refractivity contribution in [3.8, 4) is 0 Å². The minimum absolute atomic E-state index is 0.128. The number of nitrogens with two attached hydrogens (primary N) is 1. The zero-order valence-corrected chi connectivity index (χ0v) is 10.9. The topological polar surface area (TPSA) is 60.2 Å². The minimum Gasteiger partial charge on any atom is -0.327 e. The summed E-state index contributed by atoms with van der Waals surface area (Å²) in [7, 11) is -2.86. The second-order valence-corrected chi connectivity index (χ2v) is 8.05. The van der Waals surface area contributed by atoms with Crippen molar-refractivity contribution in [2.24, 2.45) is 17.6 Å². The highest BCUT2D eigenvalue weighted by Crippen LogP contribution is 2.38. The van der Waals surface area contributed by atoms with Crippen LogP contribution in [0.5, 0.6) is 0 Å². The van der Waals surface area contributed by atoms with Crippen LogP contribution in [0.15, 0.2) is 0 Å². The molecular weight excluding hydrogens is 222 g/mol. The van der Waals surface area contributed by atoms with E-state index in [1.54, 1.807) is 0 Å². The predicted molar refractivity (Wildman–Crippen MR) is 65.9 cm³/mol. The predicted octanol–water partition coefficient (Wildman–Crippen LogP) is 1.72. The maximum absolute atomic E-state index is 11.5. The molecule has 0 spiro atoms. The van der Waals surface area contributed by atoms with E-state index in [4.69, 9.17) is 5.73 Å². The van der Waals surface area contributed by atoms with Gasteiger partial charge in [0, 0.05) is 12.3 Å². The Hall–Kier alpha value is -0.0900. The molecular formula is C12H23NO2S. The average Bonchev–Trinajstić information content (AvgIpc) is 3.00.